The molecule has 3 rings (SSSR count). The number of aromatic nitrogens is 2. The topological polar surface area (TPSA) is 175 Å². The van der Waals surface area contributed by atoms with E-state index >= 15 is 0 Å². The quantitative estimate of drug-likeness (QED) is 0.0938. The SMILES string of the molecule is CC(C)(C)OC(=O)CCCOCCOCCOCCOCCOCCOCCNc1cccc2cnn(C3CCC(=O)NC3=O)c(=O)c12. The van der Waals surface area contributed by atoms with Crippen LogP contribution < -0.4 is 16.2 Å². The van der Waals surface area contributed by atoms with Gasteiger partial charge in [0.2, 0.25) is 5.91 Å². The van der Waals surface area contributed by atoms with Gasteiger partial charge in [0, 0.05) is 37.1 Å². The number of anilines is 1. The predicted molar refractivity (Wildman–Crippen MR) is 176 cm³/mol. The Morgan fingerprint density at radius 2 is 1.42 bits per heavy atom. The summed E-state index contributed by atoms with van der Waals surface area (Å²) in [6.45, 7) is 11.3. The number of rotatable bonds is 24. The second-order valence-electron chi connectivity index (χ2n) is 11.9. The van der Waals surface area contributed by atoms with Crippen LogP contribution in [0.4, 0.5) is 5.69 Å². The average Bonchev–Trinajstić information content (AvgIpc) is 3.03. The van der Waals surface area contributed by atoms with Gasteiger partial charge >= 0.3 is 5.97 Å². The highest BCUT2D eigenvalue weighted by Gasteiger charge is 2.30. The third kappa shape index (κ3) is 14.7. The first kappa shape index (κ1) is 39.0. The van der Waals surface area contributed by atoms with E-state index in [1.165, 1.54) is 0 Å². The molecule has 1 aliphatic rings. The minimum atomic E-state index is -0.825. The summed E-state index contributed by atoms with van der Waals surface area (Å²) in [5.74, 6) is -1.09. The molecule has 2 N–H and O–H groups in total. The minimum Gasteiger partial charge on any atom is -0.460 e. The number of piperidine rings is 1. The van der Waals surface area contributed by atoms with Crippen LogP contribution in [0, 0.1) is 0 Å². The second kappa shape index (κ2) is 21.5. The van der Waals surface area contributed by atoms with E-state index in [0.717, 1.165) is 4.68 Å². The number of imide groups is 1. The fourth-order valence-corrected chi connectivity index (χ4v) is 4.66. The zero-order chi connectivity index (χ0) is 34.6. The van der Waals surface area contributed by atoms with E-state index in [-0.39, 0.29) is 24.7 Å². The average molecular weight is 679 g/mol. The fourth-order valence-electron chi connectivity index (χ4n) is 4.66. The van der Waals surface area contributed by atoms with Crippen molar-refractivity contribution in [3.05, 3.63) is 34.7 Å². The van der Waals surface area contributed by atoms with E-state index in [2.05, 4.69) is 15.7 Å². The van der Waals surface area contributed by atoms with Gasteiger partial charge < -0.3 is 38.5 Å². The van der Waals surface area contributed by atoms with Crippen molar-refractivity contribution in [1.29, 1.82) is 0 Å². The van der Waals surface area contributed by atoms with Gasteiger partial charge in [-0.25, -0.2) is 4.68 Å². The molecular weight excluding hydrogens is 628 g/mol. The van der Waals surface area contributed by atoms with Crippen molar-refractivity contribution in [2.24, 2.45) is 0 Å². The maximum atomic E-state index is 13.2. The van der Waals surface area contributed by atoms with Crippen LogP contribution in [0.5, 0.6) is 0 Å². The Hall–Kier alpha value is -3.47. The number of hydrogen-bond acceptors (Lipinski definition) is 13. The number of nitrogens with zero attached hydrogens (tertiary/aromatic N) is 2. The highest BCUT2D eigenvalue weighted by molar-refractivity contribution is 5.99. The van der Waals surface area contributed by atoms with Crippen LogP contribution in [0.2, 0.25) is 0 Å². The molecule has 15 nitrogen and oxygen atoms in total. The molecule has 0 radical (unpaired) electrons. The Labute approximate surface area is 280 Å². The summed E-state index contributed by atoms with van der Waals surface area (Å²) in [6.07, 6.45) is 2.89. The van der Waals surface area contributed by atoms with Gasteiger partial charge in [0.05, 0.1) is 84.3 Å². The molecule has 1 unspecified atom stereocenters. The molecule has 0 bridgehead atoms. The van der Waals surface area contributed by atoms with E-state index < -0.39 is 23.1 Å². The van der Waals surface area contributed by atoms with Crippen molar-refractivity contribution in [3.63, 3.8) is 0 Å². The lowest BCUT2D eigenvalue weighted by Crippen LogP contribution is -2.45. The molecule has 268 valence electrons. The molecule has 48 heavy (non-hydrogen) atoms. The van der Waals surface area contributed by atoms with E-state index in [9.17, 15) is 19.2 Å². The first-order chi connectivity index (χ1) is 23.2. The number of carbonyl (C=O) groups excluding carboxylic acids is 3. The Kier molecular flexibility index (Phi) is 17.4. The van der Waals surface area contributed by atoms with Crippen LogP contribution in [-0.4, -0.2) is 119 Å². The van der Waals surface area contributed by atoms with E-state index in [4.69, 9.17) is 33.2 Å². The first-order valence-corrected chi connectivity index (χ1v) is 16.4. The maximum Gasteiger partial charge on any atom is 0.306 e. The number of benzene rings is 1. The molecule has 0 aliphatic carbocycles. The van der Waals surface area contributed by atoms with Crippen molar-refractivity contribution in [2.45, 2.75) is 58.1 Å². The molecular formula is C33H50N4O11. The van der Waals surface area contributed by atoms with Crippen molar-refractivity contribution in [3.8, 4) is 0 Å². The number of carbonyl (C=O) groups is 3. The lowest BCUT2D eigenvalue weighted by atomic mass is 10.1. The number of nitrogens with one attached hydrogen (secondary N) is 2. The van der Waals surface area contributed by atoms with Crippen molar-refractivity contribution in [2.75, 3.05) is 91.1 Å². The molecule has 1 fully saturated rings. The lowest BCUT2D eigenvalue weighted by molar-refractivity contribution is -0.155. The monoisotopic (exact) mass is 678 g/mol. The van der Waals surface area contributed by atoms with Crippen molar-refractivity contribution in [1.82, 2.24) is 15.1 Å². The van der Waals surface area contributed by atoms with Gasteiger partial charge in [-0.3, -0.25) is 24.5 Å². The summed E-state index contributed by atoms with van der Waals surface area (Å²) in [7, 11) is 0. The van der Waals surface area contributed by atoms with Crippen LogP contribution in [0.3, 0.4) is 0 Å². The zero-order valence-corrected chi connectivity index (χ0v) is 28.3. The van der Waals surface area contributed by atoms with Crippen LogP contribution in [0.1, 0.15) is 52.5 Å². The molecule has 0 saturated carbocycles. The summed E-state index contributed by atoms with van der Waals surface area (Å²) in [5, 5.41) is 10.7. The molecule has 1 aromatic heterocycles. The summed E-state index contributed by atoms with van der Waals surface area (Å²) in [5.41, 5.74) is -0.245. The lowest BCUT2D eigenvalue weighted by Gasteiger charge is -2.22. The van der Waals surface area contributed by atoms with Crippen LogP contribution >= 0.6 is 0 Å². The molecule has 1 saturated heterocycles. The highest BCUT2D eigenvalue weighted by atomic mass is 16.6. The Balaban J connectivity index is 1.12. The second-order valence-corrected chi connectivity index (χ2v) is 11.9. The van der Waals surface area contributed by atoms with Gasteiger partial charge in [0.15, 0.2) is 0 Å². The number of hydrogen-bond donors (Lipinski definition) is 2. The minimum absolute atomic E-state index is 0.156. The molecule has 15 heteroatoms. The fraction of sp³-hybridized carbons (Fsp3) is 0.667. The van der Waals surface area contributed by atoms with Gasteiger partial charge in [-0.15, -0.1) is 0 Å². The van der Waals surface area contributed by atoms with Crippen LogP contribution in [0.15, 0.2) is 29.2 Å². The molecule has 2 aromatic rings. The number of fused-ring (bicyclic) bond motifs is 1. The first-order valence-electron chi connectivity index (χ1n) is 16.4. The summed E-state index contributed by atoms with van der Waals surface area (Å²) >= 11 is 0. The van der Waals surface area contributed by atoms with Gasteiger partial charge in [-0.2, -0.15) is 5.10 Å². The molecule has 1 aromatic carbocycles. The third-order valence-corrected chi connectivity index (χ3v) is 6.86. The smallest absolute Gasteiger partial charge is 0.306 e. The summed E-state index contributed by atoms with van der Waals surface area (Å²) < 4.78 is 39.4. The van der Waals surface area contributed by atoms with Crippen molar-refractivity contribution < 1.29 is 47.5 Å². The highest BCUT2D eigenvalue weighted by Crippen LogP contribution is 2.22. The normalized spacial score (nSPS) is 15.1. The number of amides is 2. The Morgan fingerprint density at radius 3 is 1.98 bits per heavy atom. The van der Waals surface area contributed by atoms with Crippen molar-refractivity contribution >= 4 is 34.2 Å². The van der Waals surface area contributed by atoms with Gasteiger partial charge in [0.1, 0.15) is 11.6 Å². The van der Waals surface area contributed by atoms with E-state index in [1.54, 1.807) is 18.3 Å². The molecule has 2 amide bonds. The Bertz CT molecular complexity index is 1350. The standard InChI is InChI=1S/C33H50N4O11/c1-33(2,3)48-29(39)8-5-12-42-14-16-44-18-20-46-22-23-47-21-19-45-17-15-43-13-11-34-26-7-4-6-25-24-35-37(32(41)30(25)26)27-9-10-28(38)36-31(27)40/h4,6-7,24,27,34H,5,8-23H2,1-3H3,(H,36,38,40). The zero-order valence-electron chi connectivity index (χ0n) is 28.3. The molecule has 0 spiro atoms. The maximum absolute atomic E-state index is 13.2. The van der Waals surface area contributed by atoms with Crippen LogP contribution in [0.25, 0.3) is 10.8 Å². The van der Waals surface area contributed by atoms with Gasteiger partial charge in [0.25, 0.3) is 11.5 Å². The van der Waals surface area contributed by atoms with Crippen LogP contribution in [-0.2, 0) is 47.5 Å². The van der Waals surface area contributed by atoms with E-state index in [0.29, 0.717) is 115 Å². The molecule has 1 aliphatic heterocycles. The molecule has 2 heterocycles. The molecule has 1 atom stereocenters. The predicted octanol–water partition coefficient (Wildman–Crippen LogP) is 2.01. The number of ether oxygens (including phenoxy) is 7. The summed E-state index contributed by atoms with van der Waals surface area (Å²) in [4.78, 5) is 48.6. The Morgan fingerprint density at radius 1 is 0.854 bits per heavy atom. The third-order valence-electron chi connectivity index (χ3n) is 6.86. The largest absolute Gasteiger partial charge is 0.460 e. The van der Waals surface area contributed by atoms with E-state index in [1.807, 2.05) is 26.8 Å². The van der Waals surface area contributed by atoms with Gasteiger partial charge in [-0.1, -0.05) is 12.1 Å². The summed E-state index contributed by atoms with van der Waals surface area (Å²) in [6, 6.07) is 4.57. The van der Waals surface area contributed by atoms with Gasteiger partial charge in [-0.05, 0) is 39.7 Å². The number of esters is 1.